The standard InChI is InChI=1S/C18H22N6OS/c1-12(2)24-16(20-11-21-24)13-5-7-14(8-6-13)17(25)19-9-15-10-26-18(22-15)23(3)4/h5-8,10-12H,9H2,1-4H3,(H,19,25). The third-order valence-corrected chi connectivity index (χ3v) is 4.88. The highest BCUT2D eigenvalue weighted by Crippen LogP contribution is 2.20. The number of carbonyl (C=O) groups is 1. The summed E-state index contributed by atoms with van der Waals surface area (Å²) in [5, 5.41) is 10.0. The van der Waals surface area contributed by atoms with Crippen LogP contribution in [0.25, 0.3) is 11.4 Å². The molecule has 8 heteroatoms. The maximum absolute atomic E-state index is 12.4. The van der Waals surface area contributed by atoms with Gasteiger partial charge in [-0.1, -0.05) is 12.1 Å². The first-order valence-electron chi connectivity index (χ1n) is 8.35. The number of thiazole rings is 1. The van der Waals surface area contributed by atoms with E-state index in [0.29, 0.717) is 12.1 Å². The lowest BCUT2D eigenvalue weighted by atomic mass is 10.1. The SMILES string of the molecule is CC(C)n1ncnc1-c1ccc(C(=O)NCc2csc(N(C)C)n2)cc1. The molecule has 0 aliphatic carbocycles. The van der Waals surface area contributed by atoms with E-state index in [4.69, 9.17) is 0 Å². The summed E-state index contributed by atoms with van der Waals surface area (Å²) in [6.07, 6.45) is 1.55. The van der Waals surface area contributed by atoms with Gasteiger partial charge in [0.2, 0.25) is 0 Å². The van der Waals surface area contributed by atoms with Gasteiger partial charge in [0.25, 0.3) is 5.91 Å². The third kappa shape index (κ3) is 3.91. The molecule has 0 aliphatic heterocycles. The van der Waals surface area contributed by atoms with Crippen molar-refractivity contribution in [3.8, 4) is 11.4 Å². The Bertz CT molecular complexity index is 881. The predicted molar refractivity (Wildman–Crippen MR) is 103 cm³/mol. The summed E-state index contributed by atoms with van der Waals surface area (Å²) in [6, 6.07) is 7.61. The zero-order chi connectivity index (χ0) is 18.7. The van der Waals surface area contributed by atoms with Crippen molar-refractivity contribution in [3.05, 3.63) is 47.2 Å². The quantitative estimate of drug-likeness (QED) is 0.722. The van der Waals surface area contributed by atoms with Gasteiger partial charge in [-0.15, -0.1) is 11.3 Å². The van der Waals surface area contributed by atoms with Crippen LogP contribution >= 0.6 is 11.3 Å². The normalized spacial score (nSPS) is 11.0. The van der Waals surface area contributed by atoms with Crippen LogP contribution < -0.4 is 10.2 Å². The van der Waals surface area contributed by atoms with Crippen molar-refractivity contribution in [1.29, 1.82) is 0 Å². The number of nitrogens with one attached hydrogen (secondary N) is 1. The Morgan fingerprint density at radius 2 is 2.00 bits per heavy atom. The largest absolute Gasteiger partial charge is 0.354 e. The zero-order valence-electron chi connectivity index (χ0n) is 15.3. The Morgan fingerprint density at radius 3 is 2.62 bits per heavy atom. The molecule has 0 bridgehead atoms. The van der Waals surface area contributed by atoms with E-state index in [2.05, 4.69) is 34.2 Å². The molecule has 3 rings (SSSR count). The van der Waals surface area contributed by atoms with Crippen molar-refractivity contribution in [1.82, 2.24) is 25.1 Å². The van der Waals surface area contributed by atoms with Crippen LogP contribution in [-0.2, 0) is 6.54 Å². The van der Waals surface area contributed by atoms with Gasteiger partial charge in [-0.2, -0.15) is 5.10 Å². The Labute approximate surface area is 156 Å². The van der Waals surface area contributed by atoms with Gasteiger partial charge in [0.05, 0.1) is 12.2 Å². The molecule has 2 heterocycles. The molecule has 0 radical (unpaired) electrons. The second-order valence-corrected chi connectivity index (χ2v) is 7.23. The highest BCUT2D eigenvalue weighted by molar-refractivity contribution is 7.13. The Balaban J connectivity index is 1.66. The molecule has 0 unspecified atom stereocenters. The van der Waals surface area contributed by atoms with Crippen LogP contribution in [0.15, 0.2) is 36.0 Å². The average molecular weight is 370 g/mol. The Morgan fingerprint density at radius 1 is 1.27 bits per heavy atom. The molecule has 0 aliphatic rings. The minimum atomic E-state index is -0.124. The molecule has 2 aromatic heterocycles. The van der Waals surface area contributed by atoms with Gasteiger partial charge < -0.3 is 10.2 Å². The molecule has 3 aromatic rings. The van der Waals surface area contributed by atoms with Gasteiger partial charge in [0.15, 0.2) is 11.0 Å². The molecule has 1 amide bonds. The summed E-state index contributed by atoms with van der Waals surface area (Å²) in [5.41, 5.74) is 2.39. The molecule has 0 saturated carbocycles. The molecule has 0 atom stereocenters. The van der Waals surface area contributed by atoms with Gasteiger partial charge in [0.1, 0.15) is 6.33 Å². The topological polar surface area (TPSA) is 75.9 Å². The lowest BCUT2D eigenvalue weighted by Gasteiger charge is -2.10. The third-order valence-electron chi connectivity index (χ3n) is 3.82. The first kappa shape index (κ1) is 18.1. The summed E-state index contributed by atoms with van der Waals surface area (Å²) >= 11 is 1.56. The van der Waals surface area contributed by atoms with Crippen molar-refractivity contribution < 1.29 is 4.79 Å². The number of anilines is 1. The lowest BCUT2D eigenvalue weighted by Crippen LogP contribution is -2.23. The second kappa shape index (κ2) is 7.65. The number of amides is 1. The summed E-state index contributed by atoms with van der Waals surface area (Å²) in [7, 11) is 3.89. The first-order chi connectivity index (χ1) is 12.5. The molecule has 136 valence electrons. The molecule has 0 saturated heterocycles. The van der Waals surface area contributed by atoms with E-state index < -0.39 is 0 Å². The van der Waals surface area contributed by atoms with E-state index in [9.17, 15) is 4.79 Å². The minimum absolute atomic E-state index is 0.124. The monoisotopic (exact) mass is 370 g/mol. The fraction of sp³-hybridized carbons (Fsp3) is 0.333. The maximum Gasteiger partial charge on any atom is 0.251 e. The van der Waals surface area contributed by atoms with E-state index >= 15 is 0 Å². The number of hydrogen-bond donors (Lipinski definition) is 1. The molecule has 26 heavy (non-hydrogen) atoms. The van der Waals surface area contributed by atoms with Crippen LogP contribution in [0.3, 0.4) is 0 Å². The van der Waals surface area contributed by atoms with E-state index in [1.165, 1.54) is 0 Å². The van der Waals surface area contributed by atoms with Crippen molar-refractivity contribution in [2.75, 3.05) is 19.0 Å². The molecular weight excluding hydrogens is 348 g/mol. The van der Waals surface area contributed by atoms with Crippen molar-refractivity contribution in [2.24, 2.45) is 0 Å². The second-order valence-electron chi connectivity index (χ2n) is 6.40. The first-order valence-corrected chi connectivity index (χ1v) is 9.23. The molecule has 0 spiro atoms. The van der Waals surface area contributed by atoms with Crippen molar-refractivity contribution in [3.63, 3.8) is 0 Å². The van der Waals surface area contributed by atoms with E-state index in [1.54, 1.807) is 29.8 Å². The summed E-state index contributed by atoms with van der Waals surface area (Å²) in [5.74, 6) is 0.673. The average Bonchev–Trinajstić information content (AvgIpc) is 3.29. The maximum atomic E-state index is 12.4. The number of aromatic nitrogens is 4. The van der Waals surface area contributed by atoms with Gasteiger partial charge >= 0.3 is 0 Å². The van der Waals surface area contributed by atoms with Crippen LogP contribution in [0.1, 0.15) is 35.9 Å². The fourth-order valence-corrected chi connectivity index (χ4v) is 3.22. The van der Waals surface area contributed by atoms with Crippen LogP contribution in [0.4, 0.5) is 5.13 Å². The smallest absolute Gasteiger partial charge is 0.251 e. The highest BCUT2D eigenvalue weighted by Gasteiger charge is 2.12. The van der Waals surface area contributed by atoms with Gasteiger partial charge in [-0.3, -0.25) is 4.79 Å². The predicted octanol–water partition coefficient (Wildman–Crippen LogP) is 2.98. The number of hydrogen-bond acceptors (Lipinski definition) is 6. The number of carbonyl (C=O) groups excluding carboxylic acids is 1. The fourth-order valence-electron chi connectivity index (χ4n) is 2.46. The van der Waals surface area contributed by atoms with Gasteiger partial charge in [-0.05, 0) is 26.0 Å². The van der Waals surface area contributed by atoms with Gasteiger partial charge in [0, 0.05) is 36.6 Å². The van der Waals surface area contributed by atoms with Crippen LogP contribution in [0.5, 0.6) is 0 Å². The van der Waals surface area contributed by atoms with Crippen molar-refractivity contribution in [2.45, 2.75) is 26.4 Å². The van der Waals surface area contributed by atoms with Crippen LogP contribution in [0.2, 0.25) is 0 Å². The number of nitrogens with zero attached hydrogens (tertiary/aromatic N) is 5. The Hall–Kier alpha value is -2.74. The lowest BCUT2D eigenvalue weighted by molar-refractivity contribution is 0.0950. The molecule has 0 fully saturated rings. The molecule has 1 N–H and O–H groups in total. The summed E-state index contributed by atoms with van der Waals surface area (Å²) < 4.78 is 1.86. The van der Waals surface area contributed by atoms with Gasteiger partial charge in [-0.25, -0.2) is 14.6 Å². The van der Waals surface area contributed by atoms with E-state index in [-0.39, 0.29) is 11.9 Å². The number of benzene rings is 1. The number of rotatable bonds is 6. The summed E-state index contributed by atoms with van der Waals surface area (Å²) in [4.78, 5) is 23.1. The van der Waals surface area contributed by atoms with Crippen LogP contribution in [-0.4, -0.2) is 39.8 Å². The molecular formula is C18H22N6OS. The minimum Gasteiger partial charge on any atom is -0.354 e. The Kier molecular flexibility index (Phi) is 5.32. The van der Waals surface area contributed by atoms with Crippen molar-refractivity contribution >= 4 is 22.4 Å². The zero-order valence-corrected chi connectivity index (χ0v) is 16.1. The van der Waals surface area contributed by atoms with E-state index in [1.807, 2.05) is 41.2 Å². The summed E-state index contributed by atoms with van der Waals surface area (Å²) in [6.45, 7) is 4.52. The molecule has 7 nitrogen and oxygen atoms in total. The molecule has 1 aromatic carbocycles. The highest BCUT2D eigenvalue weighted by atomic mass is 32.1. The van der Waals surface area contributed by atoms with Crippen LogP contribution in [0, 0.1) is 0 Å². The van der Waals surface area contributed by atoms with E-state index in [0.717, 1.165) is 22.2 Å².